The molecule has 0 aliphatic carbocycles. The third kappa shape index (κ3) is 22.5. The second-order valence-corrected chi connectivity index (χ2v) is 2.09. The Hall–Kier alpha value is -0.0400. The van der Waals surface area contributed by atoms with E-state index in [1.807, 2.05) is 27.7 Å². The van der Waals surface area contributed by atoms with Crippen LogP contribution in [0.1, 0.15) is 61.3 Å². The van der Waals surface area contributed by atoms with Crippen LogP contribution < -0.4 is 0 Å². The van der Waals surface area contributed by atoms with Gasteiger partial charge in [0.25, 0.3) is 0 Å². The molecule has 0 saturated carbocycles. The van der Waals surface area contributed by atoms with Gasteiger partial charge in [0.15, 0.2) is 0 Å². The van der Waals surface area contributed by atoms with Crippen molar-refractivity contribution in [3.05, 3.63) is 0 Å². The molecule has 0 radical (unpaired) electrons. The summed E-state index contributed by atoms with van der Waals surface area (Å²) >= 11 is 0. The largest absolute Gasteiger partial charge is 0.379 e. The second-order valence-electron chi connectivity index (χ2n) is 2.09. The molecule has 0 spiro atoms. The summed E-state index contributed by atoms with van der Waals surface area (Å²) < 4.78 is 5.34. The SMILES string of the molecule is CC.CC.CCCOC(C)CC. The van der Waals surface area contributed by atoms with Crippen LogP contribution in [0.25, 0.3) is 0 Å². The maximum Gasteiger partial charge on any atom is 0.0544 e. The summed E-state index contributed by atoms with van der Waals surface area (Å²) in [5, 5.41) is 0. The molecule has 12 heavy (non-hydrogen) atoms. The van der Waals surface area contributed by atoms with E-state index >= 15 is 0 Å². The monoisotopic (exact) mass is 176 g/mol. The molecule has 0 saturated heterocycles. The summed E-state index contributed by atoms with van der Waals surface area (Å²) in [6.07, 6.45) is 2.71. The van der Waals surface area contributed by atoms with Gasteiger partial charge < -0.3 is 4.74 Å². The Balaban J connectivity index is -0.000000175. The van der Waals surface area contributed by atoms with Crippen molar-refractivity contribution in [1.29, 1.82) is 0 Å². The molecule has 0 aromatic heterocycles. The number of ether oxygens (including phenoxy) is 1. The normalized spacial score (nSPS) is 10.2. The van der Waals surface area contributed by atoms with Crippen LogP contribution in [-0.2, 0) is 4.74 Å². The Kier molecular flexibility index (Phi) is 33.5. The molecule has 0 N–H and O–H groups in total. The van der Waals surface area contributed by atoms with Gasteiger partial charge in [0.05, 0.1) is 6.10 Å². The predicted molar refractivity (Wildman–Crippen MR) is 58.7 cm³/mol. The first kappa shape index (κ1) is 17.9. The summed E-state index contributed by atoms with van der Waals surface area (Å²) in [6.45, 7) is 15.3. The molecule has 1 nitrogen and oxygen atoms in total. The van der Waals surface area contributed by atoms with Crippen LogP contribution in [0, 0.1) is 0 Å². The van der Waals surface area contributed by atoms with E-state index in [9.17, 15) is 0 Å². The van der Waals surface area contributed by atoms with Crippen LogP contribution in [0.4, 0.5) is 0 Å². The smallest absolute Gasteiger partial charge is 0.0544 e. The summed E-state index contributed by atoms with van der Waals surface area (Å²) in [4.78, 5) is 0. The Bertz CT molecular complexity index is 44.3. The Morgan fingerprint density at radius 3 is 1.67 bits per heavy atom. The van der Waals surface area contributed by atoms with Crippen LogP contribution in [0.5, 0.6) is 0 Å². The fraction of sp³-hybridized carbons (Fsp3) is 1.00. The first-order chi connectivity index (χ1) is 5.81. The third-order valence-electron chi connectivity index (χ3n) is 1.18. The average molecular weight is 176 g/mol. The maximum atomic E-state index is 5.34. The van der Waals surface area contributed by atoms with Gasteiger partial charge in [-0.1, -0.05) is 41.5 Å². The van der Waals surface area contributed by atoms with Gasteiger partial charge in [0.1, 0.15) is 0 Å². The minimum Gasteiger partial charge on any atom is -0.379 e. The zero-order valence-corrected chi connectivity index (χ0v) is 10.1. The van der Waals surface area contributed by atoms with Crippen molar-refractivity contribution in [3.8, 4) is 0 Å². The van der Waals surface area contributed by atoms with E-state index in [0.29, 0.717) is 6.10 Å². The molecule has 1 unspecified atom stereocenters. The highest BCUT2D eigenvalue weighted by Crippen LogP contribution is 1.95. The zero-order chi connectivity index (χ0) is 10.4. The maximum absolute atomic E-state index is 5.34. The molecular formula is C11H28O. The lowest BCUT2D eigenvalue weighted by Gasteiger charge is -2.07. The van der Waals surface area contributed by atoms with Gasteiger partial charge in [0.2, 0.25) is 0 Å². The molecule has 0 aliphatic rings. The minimum atomic E-state index is 0.454. The summed E-state index contributed by atoms with van der Waals surface area (Å²) in [5.41, 5.74) is 0. The zero-order valence-electron chi connectivity index (χ0n) is 10.1. The first-order valence-corrected chi connectivity index (χ1v) is 5.42. The molecule has 0 fully saturated rings. The van der Waals surface area contributed by atoms with Crippen molar-refractivity contribution in [1.82, 2.24) is 0 Å². The van der Waals surface area contributed by atoms with Crippen LogP contribution in [-0.4, -0.2) is 12.7 Å². The highest BCUT2D eigenvalue weighted by atomic mass is 16.5. The van der Waals surface area contributed by atoms with Crippen LogP contribution in [0.3, 0.4) is 0 Å². The number of hydrogen-bond acceptors (Lipinski definition) is 1. The van der Waals surface area contributed by atoms with Gasteiger partial charge in [-0.2, -0.15) is 0 Å². The first-order valence-electron chi connectivity index (χ1n) is 5.42. The molecule has 1 atom stereocenters. The molecule has 0 aliphatic heterocycles. The van der Waals surface area contributed by atoms with Crippen molar-refractivity contribution >= 4 is 0 Å². The van der Waals surface area contributed by atoms with Crippen molar-refractivity contribution in [3.63, 3.8) is 0 Å². The summed E-state index contributed by atoms with van der Waals surface area (Å²) in [7, 11) is 0. The standard InChI is InChI=1S/C7H16O.2C2H6/c1-4-6-8-7(3)5-2;2*1-2/h7H,4-6H2,1-3H3;2*1-2H3. The van der Waals surface area contributed by atoms with Crippen molar-refractivity contribution in [2.24, 2.45) is 0 Å². The molecule has 0 heterocycles. The Labute approximate surface area is 79.5 Å². The van der Waals surface area contributed by atoms with E-state index in [4.69, 9.17) is 4.74 Å². The fourth-order valence-corrected chi connectivity index (χ4v) is 0.437. The topological polar surface area (TPSA) is 9.23 Å². The van der Waals surface area contributed by atoms with Crippen molar-refractivity contribution in [2.75, 3.05) is 6.61 Å². The molecule has 0 aromatic carbocycles. The molecule has 0 aromatic rings. The van der Waals surface area contributed by atoms with E-state index in [-0.39, 0.29) is 0 Å². The van der Waals surface area contributed by atoms with E-state index in [2.05, 4.69) is 20.8 Å². The van der Waals surface area contributed by atoms with Gasteiger partial charge in [0, 0.05) is 6.61 Å². The second kappa shape index (κ2) is 22.4. The van der Waals surface area contributed by atoms with Gasteiger partial charge in [-0.3, -0.25) is 0 Å². The molecular weight excluding hydrogens is 148 g/mol. The number of hydrogen-bond donors (Lipinski definition) is 0. The molecule has 78 valence electrons. The average Bonchev–Trinajstić information content (AvgIpc) is 2.20. The highest BCUT2D eigenvalue weighted by molar-refractivity contribution is 4.42. The molecule has 0 rings (SSSR count). The van der Waals surface area contributed by atoms with Gasteiger partial charge in [-0.15, -0.1) is 0 Å². The lowest BCUT2D eigenvalue weighted by Crippen LogP contribution is -2.06. The molecule has 0 amide bonds. The Morgan fingerprint density at radius 1 is 1.00 bits per heavy atom. The van der Waals surface area contributed by atoms with Gasteiger partial charge >= 0.3 is 0 Å². The quantitative estimate of drug-likeness (QED) is 0.621. The minimum absolute atomic E-state index is 0.454. The Morgan fingerprint density at radius 2 is 1.42 bits per heavy atom. The lowest BCUT2D eigenvalue weighted by atomic mass is 10.3. The lowest BCUT2D eigenvalue weighted by molar-refractivity contribution is 0.0642. The van der Waals surface area contributed by atoms with Gasteiger partial charge in [-0.05, 0) is 19.8 Å². The van der Waals surface area contributed by atoms with Crippen molar-refractivity contribution in [2.45, 2.75) is 67.4 Å². The van der Waals surface area contributed by atoms with Crippen molar-refractivity contribution < 1.29 is 4.74 Å². The van der Waals surface area contributed by atoms with Crippen LogP contribution in [0.2, 0.25) is 0 Å². The summed E-state index contributed by atoms with van der Waals surface area (Å²) in [5.74, 6) is 0. The van der Waals surface area contributed by atoms with Gasteiger partial charge in [-0.25, -0.2) is 0 Å². The molecule has 1 heteroatoms. The summed E-state index contributed by atoms with van der Waals surface area (Å²) in [6, 6.07) is 0. The third-order valence-corrected chi connectivity index (χ3v) is 1.18. The number of rotatable bonds is 4. The van der Waals surface area contributed by atoms with E-state index in [1.165, 1.54) is 0 Å². The molecule has 0 bridgehead atoms. The van der Waals surface area contributed by atoms with Crippen LogP contribution >= 0.6 is 0 Å². The van der Waals surface area contributed by atoms with E-state index in [0.717, 1.165) is 19.4 Å². The fourth-order valence-electron chi connectivity index (χ4n) is 0.437. The van der Waals surface area contributed by atoms with E-state index in [1.54, 1.807) is 0 Å². The highest BCUT2D eigenvalue weighted by Gasteiger charge is 1.93. The van der Waals surface area contributed by atoms with Crippen LogP contribution in [0.15, 0.2) is 0 Å². The van der Waals surface area contributed by atoms with E-state index < -0.39 is 0 Å². The predicted octanol–water partition coefficient (Wildman–Crippen LogP) is 4.26.